The van der Waals surface area contributed by atoms with Crippen LogP contribution in [0.3, 0.4) is 0 Å². The Kier molecular flexibility index (Phi) is 59.1. The Balaban J connectivity index is 4.36. The molecular formula is C72H108O6. The molecule has 1 atom stereocenters. The first-order valence-electron chi connectivity index (χ1n) is 30.4. The third kappa shape index (κ3) is 61.1. The van der Waals surface area contributed by atoms with Crippen LogP contribution in [0.4, 0.5) is 0 Å². The number of ether oxygens (including phenoxy) is 3. The minimum Gasteiger partial charge on any atom is -0.462 e. The highest BCUT2D eigenvalue weighted by Crippen LogP contribution is 2.11. The summed E-state index contributed by atoms with van der Waals surface area (Å²) < 4.78 is 16.7. The molecule has 0 fully saturated rings. The molecule has 1 unspecified atom stereocenters. The Morgan fingerprint density at radius 2 is 0.538 bits per heavy atom. The molecule has 0 aromatic heterocycles. The lowest BCUT2D eigenvalue weighted by Crippen LogP contribution is -2.30. The van der Waals surface area contributed by atoms with Gasteiger partial charge in [0.25, 0.3) is 0 Å². The van der Waals surface area contributed by atoms with E-state index >= 15 is 0 Å². The van der Waals surface area contributed by atoms with Crippen LogP contribution in [0.15, 0.2) is 194 Å². The Bertz CT molecular complexity index is 1900. The first kappa shape index (κ1) is 72.2. The summed E-state index contributed by atoms with van der Waals surface area (Å²) in [5.74, 6) is -1.12. The number of carbonyl (C=O) groups is 3. The van der Waals surface area contributed by atoms with Gasteiger partial charge in [0.2, 0.25) is 0 Å². The van der Waals surface area contributed by atoms with Crippen molar-refractivity contribution in [3.63, 3.8) is 0 Å². The summed E-state index contributed by atoms with van der Waals surface area (Å²) in [6.45, 7) is 6.20. The molecule has 0 heterocycles. The molecule has 0 amide bonds. The van der Waals surface area contributed by atoms with Gasteiger partial charge in [0, 0.05) is 12.8 Å². The molecular weight excluding hydrogens is 961 g/mol. The highest BCUT2D eigenvalue weighted by Gasteiger charge is 2.19. The van der Waals surface area contributed by atoms with Crippen LogP contribution in [0.2, 0.25) is 0 Å². The zero-order chi connectivity index (χ0) is 56.4. The normalized spacial score (nSPS) is 13.5. The predicted octanol–water partition coefficient (Wildman–Crippen LogP) is 21.0. The quantitative estimate of drug-likeness (QED) is 0.0261. The van der Waals surface area contributed by atoms with E-state index in [0.717, 1.165) is 161 Å². The van der Waals surface area contributed by atoms with Gasteiger partial charge in [-0.25, -0.2) is 0 Å². The minimum absolute atomic E-state index is 0.0795. The summed E-state index contributed by atoms with van der Waals surface area (Å²) >= 11 is 0. The molecule has 0 aliphatic heterocycles. The number of hydrogen-bond acceptors (Lipinski definition) is 6. The Hall–Kier alpha value is -5.75. The van der Waals surface area contributed by atoms with Gasteiger partial charge in [0.15, 0.2) is 6.10 Å². The lowest BCUT2D eigenvalue weighted by atomic mass is 10.1. The number of esters is 3. The minimum atomic E-state index is -0.856. The molecule has 0 radical (unpaired) electrons. The molecule has 0 rings (SSSR count). The van der Waals surface area contributed by atoms with Crippen molar-refractivity contribution in [1.29, 1.82) is 0 Å². The maximum absolute atomic E-state index is 12.8. The van der Waals surface area contributed by atoms with Crippen molar-refractivity contribution in [2.24, 2.45) is 0 Å². The molecule has 6 nitrogen and oxygen atoms in total. The van der Waals surface area contributed by atoms with Gasteiger partial charge in [0.05, 0.1) is 6.42 Å². The Morgan fingerprint density at radius 1 is 0.282 bits per heavy atom. The second kappa shape index (κ2) is 63.8. The van der Waals surface area contributed by atoms with Gasteiger partial charge in [-0.1, -0.05) is 254 Å². The second-order valence-electron chi connectivity index (χ2n) is 19.2. The van der Waals surface area contributed by atoms with Crippen LogP contribution < -0.4 is 0 Å². The van der Waals surface area contributed by atoms with Crippen LogP contribution in [-0.2, 0) is 28.6 Å². The molecule has 0 aliphatic carbocycles. The fourth-order valence-corrected chi connectivity index (χ4v) is 7.37. The second-order valence-corrected chi connectivity index (χ2v) is 19.2. The largest absolute Gasteiger partial charge is 0.462 e. The molecule has 0 spiro atoms. The number of allylic oxidation sites excluding steroid dienone is 31. The maximum atomic E-state index is 12.8. The van der Waals surface area contributed by atoms with Crippen LogP contribution >= 0.6 is 0 Å². The molecule has 78 heavy (non-hydrogen) atoms. The third-order valence-corrected chi connectivity index (χ3v) is 11.8. The van der Waals surface area contributed by atoms with Gasteiger partial charge in [0.1, 0.15) is 13.2 Å². The summed E-state index contributed by atoms with van der Waals surface area (Å²) in [4.78, 5) is 38.0. The fourth-order valence-electron chi connectivity index (χ4n) is 7.37. The smallest absolute Gasteiger partial charge is 0.310 e. The van der Waals surface area contributed by atoms with Gasteiger partial charge in [-0.2, -0.15) is 0 Å². The van der Waals surface area contributed by atoms with Crippen molar-refractivity contribution in [3.8, 4) is 0 Å². The lowest BCUT2D eigenvalue weighted by Gasteiger charge is -2.18. The molecule has 0 N–H and O–H groups in total. The molecule has 0 aliphatic rings. The topological polar surface area (TPSA) is 78.9 Å². The van der Waals surface area contributed by atoms with E-state index in [4.69, 9.17) is 14.2 Å². The summed E-state index contributed by atoms with van der Waals surface area (Å²) in [6, 6.07) is 0. The van der Waals surface area contributed by atoms with Gasteiger partial charge >= 0.3 is 17.9 Å². The third-order valence-electron chi connectivity index (χ3n) is 11.8. The van der Waals surface area contributed by atoms with Crippen molar-refractivity contribution < 1.29 is 28.6 Å². The molecule has 0 aromatic carbocycles. The van der Waals surface area contributed by atoms with E-state index in [2.05, 4.69) is 203 Å². The van der Waals surface area contributed by atoms with Gasteiger partial charge in [-0.05, 0) is 141 Å². The average Bonchev–Trinajstić information content (AvgIpc) is 3.44. The van der Waals surface area contributed by atoms with Crippen LogP contribution in [-0.4, -0.2) is 37.2 Å². The highest BCUT2D eigenvalue weighted by molar-refractivity contribution is 5.72. The van der Waals surface area contributed by atoms with E-state index < -0.39 is 12.1 Å². The number of hydrogen-bond donors (Lipinski definition) is 0. The van der Waals surface area contributed by atoms with Crippen LogP contribution in [0.25, 0.3) is 0 Å². The van der Waals surface area contributed by atoms with Crippen molar-refractivity contribution in [1.82, 2.24) is 0 Å². The summed E-state index contributed by atoms with van der Waals surface area (Å²) in [5.41, 5.74) is 0. The fraction of sp³-hybridized carbons (Fsp3) is 0.514. The Morgan fingerprint density at radius 3 is 0.859 bits per heavy atom. The van der Waals surface area contributed by atoms with Crippen LogP contribution in [0.5, 0.6) is 0 Å². The molecule has 6 heteroatoms. The highest BCUT2D eigenvalue weighted by atomic mass is 16.6. The molecule has 0 saturated carbocycles. The zero-order valence-electron chi connectivity index (χ0n) is 49.3. The first-order valence-corrected chi connectivity index (χ1v) is 30.4. The van der Waals surface area contributed by atoms with Crippen molar-refractivity contribution in [2.45, 2.75) is 226 Å². The van der Waals surface area contributed by atoms with Crippen molar-refractivity contribution in [3.05, 3.63) is 194 Å². The van der Waals surface area contributed by atoms with Gasteiger partial charge in [-0.15, -0.1) is 0 Å². The number of unbranched alkanes of at least 4 members (excludes halogenated alkanes) is 10. The van der Waals surface area contributed by atoms with Crippen LogP contribution in [0.1, 0.15) is 220 Å². The van der Waals surface area contributed by atoms with Crippen molar-refractivity contribution >= 4 is 17.9 Å². The SMILES string of the molecule is CC/C=C\C/C=C\C/C=C\C/C=C\C/C=C\C/C=C\C/C=C\C/C=C\C/C=C\C/C=C\CCCCCCC(=O)OCC(COC(=O)CCCCCCC/C=C\CCC)OC(=O)C/C=C\C/C=C\C/C=C\C/C=C\C/C=C\CC. The monoisotopic (exact) mass is 1070 g/mol. The maximum Gasteiger partial charge on any atom is 0.310 e. The van der Waals surface area contributed by atoms with Gasteiger partial charge < -0.3 is 14.2 Å². The summed E-state index contributed by atoms with van der Waals surface area (Å²) in [6.07, 6.45) is 97.6. The molecule has 0 saturated heterocycles. The van der Waals surface area contributed by atoms with Crippen molar-refractivity contribution in [2.75, 3.05) is 13.2 Å². The Labute approximate surface area is 477 Å². The van der Waals surface area contributed by atoms with E-state index in [0.29, 0.717) is 19.3 Å². The molecule has 432 valence electrons. The summed E-state index contributed by atoms with van der Waals surface area (Å²) in [5, 5.41) is 0. The lowest BCUT2D eigenvalue weighted by molar-refractivity contribution is -0.166. The summed E-state index contributed by atoms with van der Waals surface area (Å²) in [7, 11) is 0. The number of carbonyl (C=O) groups excluding carboxylic acids is 3. The van der Waals surface area contributed by atoms with E-state index in [1.807, 2.05) is 6.08 Å². The van der Waals surface area contributed by atoms with E-state index in [9.17, 15) is 14.4 Å². The molecule has 0 aromatic rings. The first-order chi connectivity index (χ1) is 38.5. The standard InChI is InChI=1S/C72H108O6/c1-4-7-10-13-16-19-22-24-26-27-28-29-30-31-32-33-34-35-36-37-38-39-40-41-42-43-44-45-47-48-50-53-56-59-62-65-71(74)77-68-69(67-76-70(73)64-61-58-55-52-21-18-15-12-9-6-3)78-72(75)66-63-60-57-54-51-49-46-25-23-20-17-14-11-8-5-2/h7-8,10-12,15-17,19-20,24-26,28-29,31-32,34-35,37-38,40-41,43-44,46-48,51,54,60,63,69H,4-6,9,13-14,18,21-23,27,30,33,36,39,42,45,49-50,52-53,55-59,61-62,64-68H2,1-3H3/b10-7-,11-8-,15-12-,19-16-,20-17-,26-24-,29-28-,32-31-,35-34-,38-37-,41-40-,44-43-,46-25-,48-47-,54-51-,63-60-. The number of rotatable bonds is 52. The zero-order valence-corrected chi connectivity index (χ0v) is 49.3. The van der Waals surface area contributed by atoms with E-state index in [-0.39, 0.29) is 31.6 Å². The van der Waals surface area contributed by atoms with E-state index in [1.54, 1.807) is 6.08 Å². The van der Waals surface area contributed by atoms with Crippen LogP contribution in [0, 0.1) is 0 Å². The predicted molar refractivity (Wildman–Crippen MR) is 338 cm³/mol. The average molecular weight is 1070 g/mol. The van der Waals surface area contributed by atoms with Gasteiger partial charge in [-0.3, -0.25) is 14.4 Å². The van der Waals surface area contributed by atoms with E-state index in [1.165, 1.54) is 12.8 Å². The molecule has 0 bridgehead atoms.